The van der Waals surface area contributed by atoms with E-state index in [1.54, 1.807) is 0 Å². The van der Waals surface area contributed by atoms with E-state index < -0.39 is 0 Å². The zero-order valence-corrected chi connectivity index (χ0v) is 9.04. The van der Waals surface area contributed by atoms with E-state index in [1.807, 2.05) is 31.2 Å². The van der Waals surface area contributed by atoms with Gasteiger partial charge in [-0.05, 0) is 6.92 Å². The summed E-state index contributed by atoms with van der Waals surface area (Å²) in [4.78, 5) is 16.3. The van der Waals surface area contributed by atoms with Crippen LogP contribution in [0.1, 0.15) is 20.8 Å². The van der Waals surface area contributed by atoms with Gasteiger partial charge in [-0.2, -0.15) is 0 Å². The summed E-state index contributed by atoms with van der Waals surface area (Å²) in [5.74, 6) is -0.0239. The van der Waals surface area contributed by atoms with E-state index in [2.05, 4.69) is 4.98 Å². The fourth-order valence-corrected chi connectivity index (χ4v) is 1.89. The molecule has 1 aromatic carbocycles. The van der Waals surface area contributed by atoms with Crippen LogP contribution >= 0.6 is 11.3 Å². The lowest BCUT2D eigenvalue weighted by molar-refractivity contribution is 0.104. The average molecular weight is 218 g/mol. The van der Waals surface area contributed by atoms with Crippen LogP contribution in [0.15, 0.2) is 30.5 Å². The average Bonchev–Trinajstić information content (AvgIpc) is 2.65. The summed E-state index contributed by atoms with van der Waals surface area (Å²) in [5.41, 5.74) is 7.28. The smallest absolute Gasteiger partial charge is 0.204 e. The third-order valence-corrected chi connectivity index (χ3v) is 2.89. The van der Waals surface area contributed by atoms with Crippen LogP contribution in [-0.4, -0.2) is 10.8 Å². The highest BCUT2D eigenvalue weighted by Crippen LogP contribution is 2.18. The van der Waals surface area contributed by atoms with Crippen molar-refractivity contribution in [3.05, 3.63) is 46.5 Å². The number of aryl methyl sites for hydroxylation is 1. The van der Waals surface area contributed by atoms with Gasteiger partial charge in [0.15, 0.2) is 5.13 Å². The highest BCUT2D eigenvalue weighted by molar-refractivity contribution is 7.17. The second-order valence-electron chi connectivity index (χ2n) is 3.26. The normalized spacial score (nSPS) is 10.2. The van der Waals surface area contributed by atoms with Crippen molar-refractivity contribution in [3.63, 3.8) is 0 Å². The molecule has 0 radical (unpaired) electrons. The van der Waals surface area contributed by atoms with Gasteiger partial charge in [-0.1, -0.05) is 41.2 Å². The lowest BCUT2D eigenvalue weighted by atomic mass is 10.1. The Bertz CT molecular complexity index is 488. The maximum Gasteiger partial charge on any atom is 0.204 e. The minimum absolute atomic E-state index is 0.0239. The quantitative estimate of drug-likeness (QED) is 0.787. The van der Waals surface area contributed by atoms with Crippen molar-refractivity contribution >= 4 is 22.3 Å². The predicted molar refractivity (Wildman–Crippen MR) is 61.1 cm³/mol. The molecule has 76 valence electrons. The maximum absolute atomic E-state index is 11.9. The van der Waals surface area contributed by atoms with Gasteiger partial charge >= 0.3 is 0 Å². The first-order valence-corrected chi connectivity index (χ1v) is 5.31. The van der Waals surface area contributed by atoms with Gasteiger partial charge in [0.1, 0.15) is 0 Å². The Morgan fingerprint density at radius 3 is 2.53 bits per heavy atom. The number of ketones is 1. The predicted octanol–water partition coefficient (Wildman–Crippen LogP) is 2.26. The lowest BCUT2D eigenvalue weighted by Crippen LogP contribution is -1.97. The molecule has 0 fully saturated rings. The van der Waals surface area contributed by atoms with Gasteiger partial charge in [0.05, 0.1) is 11.1 Å². The zero-order valence-electron chi connectivity index (χ0n) is 8.23. The molecule has 0 aliphatic carbocycles. The number of nitrogens with two attached hydrogens (primary N) is 1. The number of carbonyl (C=O) groups excluding carboxylic acids is 1. The van der Waals surface area contributed by atoms with Crippen LogP contribution in [-0.2, 0) is 0 Å². The first-order valence-electron chi connectivity index (χ1n) is 4.49. The number of benzene rings is 1. The molecule has 1 aromatic heterocycles. The molecule has 0 atom stereocenters. The SMILES string of the molecule is Cc1ccc(C(=O)c2cnc(N)s2)cc1. The number of rotatable bonds is 2. The summed E-state index contributed by atoms with van der Waals surface area (Å²) in [5, 5.41) is 0.422. The van der Waals surface area contributed by atoms with Gasteiger partial charge in [0.25, 0.3) is 0 Å². The van der Waals surface area contributed by atoms with Crippen LogP contribution in [0.4, 0.5) is 5.13 Å². The first kappa shape index (κ1) is 9.86. The van der Waals surface area contributed by atoms with E-state index in [-0.39, 0.29) is 5.78 Å². The summed E-state index contributed by atoms with van der Waals surface area (Å²) >= 11 is 1.21. The fourth-order valence-electron chi connectivity index (χ4n) is 1.24. The summed E-state index contributed by atoms with van der Waals surface area (Å²) in [6.07, 6.45) is 1.52. The lowest BCUT2D eigenvalue weighted by Gasteiger charge is -1.97. The molecule has 0 aliphatic heterocycles. The van der Waals surface area contributed by atoms with E-state index in [0.717, 1.165) is 5.56 Å². The van der Waals surface area contributed by atoms with Crippen molar-refractivity contribution in [2.24, 2.45) is 0 Å². The van der Waals surface area contributed by atoms with Gasteiger partial charge in [-0.15, -0.1) is 0 Å². The summed E-state index contributed by atoms with van der Waals surface area (Å²) in [6, 6.07) is 7.45. The zero-order chi connectivity index (χ0) is 10.8. The monoisotopic (exact) mass is 218 g/mol. The van der Waals surface area contributed by atoms with Crippen molar-refractivity contribution < 1.29 is 4.79 Å². The standard InChI is InChI=1S/C11H10N2OS/c1-7-2-4-8(5-3-7)10(14)9-6-13-11(12)15-9/h2-6H,1H3,(H2,12,13). The van der Waals surface area contributed by atoms with Crippen molar-refractivity contribution in [2.45, 2.75) is 6.92 Å². The Kier molecular flexibility index (Phi) is 2.51. The van der Waals surface area contributed by atoms with Crippen LogP contribution in [0, 0.1) is 6.92 Å². The van der Waals surface area contributed by atoms with E-state index in [9.17, 15) is 4.79 Å². The largest absolute Gasteiger partial charge is 0.375 e. The summed E-state index contributed by atoms with van der Waals surface area (Å²) < 4.78 is 0. The molecule has 0 saturated heterocycles. The molecule has 15 heavy (non-hydrogen) atoms. The molecule has 1 heterocycles. The molecule has 0 amide bonds. The second-order valence-corrected chi connectivity index (χ2v) is 4.32. The Morgan fingerprint density at radius 1 is 1.33 bits per heavy atom. The minimum Gasteiger partial charge on any atom is -0.375 e. The maximum atomic E-state index is 11.9. The van der Waals surface area contributed by atoms with Crippen molar-refractivity contribution in [1.29, 1.82) is 0 Å². The molecule has 0 spiro atoms. The molecule has 4 heteroatoms. The molecular weight excluding hydrogens is 208 g/mol. The number of nitrogens with zero attached hydrogens (tertiary/aromatic N) is 1. The summed E-state index contributed by atoms with van der Waals surface area (Å²) in [7, 11) is 0. The number of nitrogen functional groups attached to an aromatic ring is 1. The van der Waals surface area contributed by atoms with Crippen LogP contribution < -0.4 is 5.73 Å². The second kappa shape index (κ2) is 3.82. The van der Waals surface area contributed by atoms with Crippen molar-refractivity contribution in [3.8, 4) is 0 Å². The fraction of sp³-hybridized carbons (Fsp3) is 0.0909. The molecular formula is C11H10N2OS. The van der Waals surface area contributed by atoms with Crippen LogP contribution in [0.3, 0.4) is 0 Å². The van der Waals surface area contributed by atoms with Gasteiger partial charge in [0.2, 0.25) is 5.78 Å². The van der Waals surface area contributed by atoms with Gasteiger partial charge in [0, 0.05) is 5.56 Å². The molecule has 0 aliphatic rings. The number of hydrogen-bond acceptors (Lipinski definition) is 4. The molecule has 3 nitrogen and oxygen atoms in total. The Labute approximate surface area is 91.6 Å². The third-order valence-electron chi connectivity index (χ3n) is 2.06. The van der Waals surface area contributed by atoms with Gasteiger partial charge in [-0.3, -0.25) is 4.79 Å². The third kappa shape index (κ3) is 2.05. The number of hydrogen-bond donors (Lipinski definition) is 1. The molecule has 2 rings (SSSR count). The minimum atomic E-state index is -0.0239. The first-order chi connectivity index (χ1) is 7.16. The van der Waals surface area contributed by atoms with Crippen LogP contribution in [0.25, 0.3) is 0 Å². The highest BCUT2D eigenvalue weighted by Gasteiger charge is 2.11. The molecule has 2 aromatic rings. The van der Waals surface area contributed by atoms with E-state index in [0.29, 0.717) is 15.6 Å². The Hall–Kier alpha value is -1.68. The van der Waals surface area contributed by atoms with Crippen molar-refractivity contribution in [1.82, 2.24) is 4.98 Å². The van der Waals surface area contributed by atoms with Crippen LogP contribution in [0.2, 0.25) is 0 Å². The Morgan fingerprint density at radius 2 is 2.00 bits per heavy atom. The van der Waals surface area contributed by atoms with E-state index in [4.69, 9.17) is 5.73 Å². The van der Waals surface area contributed by atoms with E-state index in [1.165, 1.54) is 17.5 Å². The van der Waals surface area contributed by atoms with E-state index >= 15 is 0 Å². The van der Waals surface area contributed by atoms with Gasteiger partial charge < -0.3 is 5.73 Å². The summed E-state index contributed by atoms with van der Waals surface area (Å²) in [6.45, 7) is 1.99. The number of carbonyl (C=O) groups is 1. The molecule has 0 saturated carbocycles. The molecule has 2 N–H and O–H groups in total. The molecule has 0 unspecified atom stereocenters. The highest BCUT2D eigenvalue weighted by atomic mass is 32.1. The number of aromatic nitrogens is 1. The Balaban J connectivity index is 2.32. The topological polar surface area (TPSA) is 56.0 Å². The van der Waals surface area contributed by atoms with Crippen molar-refractivity contribution in [2.75, 3.05) is 5.73 Å². The van der Waals surface area contributed by atoms with Crippen LogP contribution in [0.5, 0.6) is 0 Å². The molecule has 0 bridgehead atoms. The number of thiazole rings is 1. The van der Waals surface area contributed by atoms with Gasteiger partial charge in [-0.25, -0.2) is 4.98 Å². The number of anilines is 1.